The minimum Gasteiger partial charge on any atom is -0.495 e. The molecule has 0 aliphatic carbocycles. The van der Waals surface area contributed by atoms with Crippen LogP contribution in [0.5, 0.6) is 5.75 Å². The molecule has 0 spiro atoms. The van der Waals surface area contributed by atoms with Gasteiger partial charge in [0.1, 0.15) is 5.75 Å². The number of methoxy groups -OCH3 is 1. The Balaban J connectivity index is 1.38. The number of pyridine rings is 1. The zero-order chi connectivity index (χ0) is 24.1. The van der Waals surface area contributed by atoms with Gasteiger partial charge in [0.15, 0.2) is 5.82 Å². The lowest BCUT2D eigenvalue weighted by Gasteiger charge is -2.39. The molecule has 0 radical (unpaired) electrons. The number of nitrogens with zero attached hydrogens (tertiary/aromatic N) is 7. The average molecular weight is 482 g/mol. The number of rotatable bonds is 7. The number of carbonyl (C=O) groups excluding carboxylic acids is 1. The second kappa shape index (κ2) is 10.8. The molecule has 3 heterocycles. The first-order valence-corrected chi connectivity index (χ1v) is 11.5. The molecule has 10 heteroatoms. The van der Waals surface area contributed by atoms with Crippen molar-refractivity contribution in [1.29, 1.82) is 0 Å². The van der Waals surface area contributed by atoms with Gasteiger partial charge >= 0.3 is 0 Å². The molecule has 1 aliphatic heterocycles. The van der Waals surface area contributed by atoms with Crippen LogP contribution in [0.3, 0.4) is 0 Å². The monoisotopic (exact) mass is 481 g/mol. The molecule has 1 amide bonds. The van der Waals surface area contributed by atoms with Crippen LogP contribution in [0.1, 0.15) is 29.6 Å². The second-order valence-corrected chi connectivity index (χ2v) is 8.79. The van der Waals surface area contributed by atoms with E-state index in [2.05, 4.69) is 32.2 Å². The zero-order valence-electron chi connectivity index (χ0n) is 19.6. The number of aromatic nitrogens is 5. The van der Waals surface area contributed by atoms with Crippen LogP contribution in [0.25, 0.3) is 6.08 Å². The zero-order valence-corrected chi connectivity index (χ0v) is 20.3. The fourth-order valence-electron chi connectivity index (χ4n) is 4.03. The van der Waals surface area contributed by atoms with Crippen LogP contribution in [-0.2, 0) is 17.9 Å². The molecule has 4 rings (SSSR count). The summed E-state index contributed by atoms with van der Waals surface area (Å²) < 4.78 is 5.17. The van der Waals surface area contributed by atoms with Crippen molar-refractivity contribution in [2.75, 3.05) is 26.7 Å². The van der Waals surface area contributed by atoms with E-state index in [9.17, 15) is 4.79 Å². The topological polar surface area (TPSA) is 89.3 Å². The van der Waals surface area contributed by atoms with Crippen molar-refractivity contribution in [3.8, 4) is 5.75 Å². The van der Waals surface area contributed by atoms with Crippen molar-refractivity contribution in [3.63, 3.8) is 0 Å². The van der Waals surface area contributed by atoms with E-state index < -0.39 is 0 Å². The molecule has 1 aliphatic rings. The Morgan fingerprint density at radius 2 is 2.09 bits per heavy atom. The first-order chi connectivity index (χ1) is 16.4. The van der Waals surface area contributed by atoms with Gasteiger partial charge in [-0.3, -0.25) is 14.7 Å². The number of carbonyl (C=O) groups is 1. The summed E-state index contributed by atoms with van der Waals surface area (Å²) in [5, 5.41) is 12.8. The van der Waals surface area contributed by atoms with Gasteiger partial charge in [-0.25, -0.2) is 0 Å². The fraction of sp³-hybridized carbons (Fsp3) is 0.375. The van der Waals surface area contributed by atoms with E-state index in [0.717, 1.165) is 42.2 Å². The molecule has 9 nitrogen and oxygen atoms in total. The van der Waals surface area contributed by atoms with Gasteiger partial charge in [0.05, 0.1) is 25.5 Å². The Labute approximate surface area is 204 Å². The van der Waals surface area contributed by atoms with E-state index in [0.29, 0.717) is 23.9 Å². The Bertz CT molecular complexity index is 1160. The maximum Gasteiger partial charge on any atom is 0.246 e. The van der Waals surface area contributed by atoms with Gasteiger partial charge in [-0.1, -0.05) is 17.7 Å². The van der Waals surface area contributed by atoms with Crippen molar-refractivity contribution in [1.82, 2.24) is 35.0 Å². The lowest BCUT2D eigenvalue weighted by atomic mass is 10.1. The highest BCUT2D eigenvalue weighted by atomic mass is 35.5. The summed E-state index contributed by atoms with van der Waals surface area (Å²) in [6.45, 7) is 7.27. The van der Waals surface area contributed by atoms with Crippen molar-refractivity contribution in [2.45, 2.75) is 33.0 Å². The lowest BCUT2D eigenvalue weighted by molar-refractivity contribution is -0.130. The Morgan fingerprint density at radius 1 is 1.24 bits per heavy atom. The predicted molar refractivity (Wildman–Crippen MR) is 129 cm³/mol. The summed E-state index contributed by atoms with van der Waals surface area (Å²) in [7, 11) is 1.63. The smallest absolute Gasteiger partial charge is 0.246 e. The van der Waals surface area contributed by atoms with Gasteiger partial charge in [0.25, 0.3) is 0 Å². The second-order valence-electron chi connectivity index (χ2n) is 8.35. The number of ether oxygens (including phenoxy) is 1. The summed E-state index contributed by atoms with van der Waals surface area (Å²) in [5.41, 5.74) is 2.79. The Hall–Kier alpha value is -3.30. The number of benzene rings is 1. The predicted octanol–water partition coefficient (Wildman–Crippen LogP) is 2.83. The molecule has 1 fully saturated rings. The molecular weight excluding hydrogens is 454 g/mol. The number of halogens is 1. The number of amides is 1. The van der Waals surface area contributed by atoms with Crippen LogP contribution >= 0.6 is 11.6 Å². The molecule has 34 heavy (non-hydrogen) atoms. The molecule has 178 valence electrons. The molecule has 0 bridgehead atoms. The van der Waals surface area contributed by atoms with Crippen molar-refractivity contribution in [2.24, 2.45) is 0 Å². The molecule has 0 N–H and O–H groups in total. The van der Waals surface area contributed by atoms with Crippen LogP contribution in [0.2, 0.25) is 5.02 Å². The van der Waals surface area contributed by atoms with Gasteiger partial charge in [-0.2, -0.15) is 4.80 Å². The van der Waals surface area contributed by atoms with Crippen molar-refractivity contribution in [3.05, 3.63) is 70.3 Å². The van der Waals surface area contributed by atoms with E-state index in [1.165, 1.54) is 4.80 Å². The molecule has 3 aromatic rings. The van der Waals surface area contributed by atoms with Gasteiger partial charge in [0, 0.05) is 43.3 Å². The standard InChI is InChI=1S/C24H28ClN7O2/c1-17-14-30(16-22-7-8-23(34-3)13-26-22)10-11-31(17)24(33)9-5-19-4-6-21(25)12-20(19)15-32-28-18(2)27-29-32/h4-9,12-13,17H,10-11,14-16H2,1-3H3/b9-5+. The SMILES string of the molecule is COc1ccc(CN2CCN(C(=O)/C=C/c3ccc(Cl)cc3Cn3nnc(C)n3)C(C)C2)nc1. The van der Waals surface area contributed by atoms with Gasteiger partial charge in [-0.15, -0.1) is 10.2 Å². The van der Waals surface area contributed by atoms with Crippen LogP contribution < -0.4 is 4.74 Å². The van der Waals surface area contributed by atoms with E-state index in [4.69, 9.17) is 16.3 Å². The quantitative estimate of drug-likeness (QED) is 0.479. The first-order valence-electron chi connectivity index (χ1n) is 11.1. The molecule has 0 saturated carbocycles. The van der Waals surface area contributed by atoms with Gasteiger partial charge in [-0.05, 0) is 60.5 Å². The van der Waals surface area contributed by atoms with E-state index in [-0.39, 0.29) is 11.9 Å². The van der Waals surface area contributed by atoms with Crippen LogP contribution in [0.15, 0.2) is 42.6 Å². The molecule has 1 unspecified atom stereocenters. The molecular formula is C24H28ClN7O2. The Morgan fingerprint density at radius 3 is 2.76 bits per heavy atom. The summed E-state index contributed by atoms with van der Waals surface area (Å²) in [6, 6.07) is 9.55. The highest BCUT2D eigenvalue weighted by Crippen LogP contribution is 2.19. The summed E-state index contributed by atoms with van der Waals surface area (Å²) in [6.07, 6.45) is 5.19. The van der Waals surface area contributed by atoms with E-state index in [1.807, 2.05) is 41.3 Å². The largest absolute Gasteiger partial charge is 0.495 e. The van der Waals surface area contributed by atoms with Gasteiger partial charge in [0.2, 0.25) is 5.91 Å². The minimum atomic E-state index is -0.00894. The number of aryl methyl sites for hydroxylation is 1. The van der Waals surface area contributed by atoms with E-state index in [1.54, 1.807) is 26.3 Å². The highest BCUT2D eigenvalue weighted by molar-refractivity contribution is 6.30. The fourth-order valence-corrected chi connectivity index (χ4v) is 4.23. The summed E-state index contributed by atoms with van der Waals surface area (Å²) in [4.78, 5) is 23.2. The van der Waals surface area contributed by atoms with Crippen LogP contribution in [-0.4, -0.2) is 73.7 Å². The highest BCUT2D eigenvalue weighted by Gasteiger charge is 2.26. The minimum absolute atomic E-state index is 0.00894. The average Bonchev–Trinajstić information content (AvgIpc) is 3.23. The first kappa shape index (κ1) is 23.8. The number of tetrazole rings is 1. The van der Waals surface area contributed by atoms with E-state index >= 15 is 0 Å². The van der Waals surface area contributed by atoms with Crippen LogP contribution in [0, 0.1) is 6.92 Å². The third-order valence-electron chi connectivity index (χ3n) is 5.79. The molecule has 2 aromatic heterocycles. The summed E-state index contributed by atoms with van der Waals surface area (Å²) in [5.74, 6) is 1.34. The number of piperazine rings is 1. The number of hydrogen-bond donors (Lipinski definition) is 0. The summed E-state index contributed by atoms with van der Waals surface area (Å²) >= 11 is 6.20. The normalized spacial score (nSPS) is 16.8. The lowest BCUT2D eigenvalue weighted by Crippen LogP contribution is -2.53. The van der Waals surface area contributed by atoms with Crippen molar-refractivity contribution >= 4 is 23.6 Å². The van der Waals surface area contributed by atoms with Crippen molar-refractivity contribution < 1.29 is 9.53 Å². The molecule has 1 aromatic carbocycles. The van der Waals surface area contributed by atoms with Gasteiger partial charge < -0.3 is 9.64 Å². The third kappa shape index (κ3) is 5.98. The Kier molecular flexibility index (Phi) is 7.54. The van der Waals surface area contributed by atoms with Crippen LogP contribution in [0.4, 0.5) is 0 Å². The maximum absolute atomic E-state index is 13.0. The molecule has 1 atom stereocenters. The maximum atomic E-state index is 13.0. The number of hydrogen-bond acceptors (Lipinski definition) is 7. The molecule has 1 saturated heterocycles. The third-order valence-corrected chi connectivity index (χ3v) is 6.02.